The normalized spacial score (nSPS) is 22.2. The maximum atomic E-state index is 13.2. The van der Waals surface area contributed by atoms with E-state index in [1.54, 1.807) is 24.3 Å². The van der Waals surface area contributed by atoms with Crippen molar-refractivity contribution in [1.29, 1.82) is 0 Å². The summed E-state index contributed by atoms with van der Waals surface area (Å²) in [6.45, 7) is 0.290. The minimum Gasteiger partial charge on any atom is -0.502 e. The van der Waals surface area contributed by atoms with Crippen LogP contribution in [0.25, 0.3) is 0 Å². The molecule has 1 aliphatic carbocycles. The summed E-state index contributed by atoms with van der Waals surface area (Å²) in [5.74, 6) is -1.12. The molecule has 3 aromatic carbocycles. The SMILES string of the molecule is COc1cc(C2c3cc4c(cc3[C@@H](Nc3ccc(C(=O)O)cc3)C3COC(=O)[C@H]23)OCO4)cc(OC)c1O.[Na]. The molecule has 0 bridgehead atoms. The fraction of sp³-hybridized carbons (Fsp3) is 0.286. The van der Waals surface area contributed by atoms with E-state index in [4.69, 9.17) is 23.7 Å². The van der Waals surface area contributed by atoms with Gasteiger partial charge in [0.25, 0.3) is 0 Å². The van der Waals surface area contributed by atoms with Crippen LogP contribution >= 0.6 is 0 Å². The fourth-order valence-corrected chi connectivity index (χ4v) is 5.73. The summed E-state index contributed by atoms with van der Waals surface area (Å²) in [5.41, 5.74) is 3.33. The van der Waals surface area contributed by atoms with Gasteiger partial charge < -0.3 is 39.2 Å². The molecule has 3 aromatic rings. The Balaban J connectivity index is 0.00000308. The molecule has 2 aliphatic heterocycles. The largest absolute Gasteiger partial charge is 0.502 e. The van der Waals surface area contributed by atoms with E-state index < -0.39 is 17.8 Å². The fourth-order valence-electron chi connectivity index (χ4n) is 5.73. The monoisotopic (exact) mass is 542 g/mol. The first kappa shape index (κ1) is 27.0. The Hall–Kier alpha value is -3.60. The van der Waals surface area contributed by atoms with Crippen molar-refractivity contribution in [2.45, 2.75) is 12.0 Å². The van der Waals surface area contributed by atoms with Crippen LogP contribution in [0.4, 0.5) is 5.69 Å². The number of ether oxygens (including phenoxy) is 5. The molecule has 0 saturated carbocycles. The number of carboxylic acid groups (broad SMARTS) is 1. The van der Waals surface area contributed by atoms with E-state index >= 15 is 0 Å². The van der Waals surface area contributed by atoms with E-state index in [1.807, 2.05) is 12.1 Å². The van der Waals surface area contributed by atoms with Crippen LogP contribution in [0.15, 0.2) is 48.5 Å². The average Bonchev–Trinajstić information content (AvgIpc) is 3.54. The third-order valence-corrected chi connectivity index (χ3v) is 7.50. The van der Waals surface area contributed by atoms with Crippen LogP contribution in [-0.4, -0.2) is 79.3 Å². The molecule has 3 aliphatic rings. The van der Waals surface area contributed by atoms with Crippen molar-refractivity contribution in [2.75, 3.05) is 32.9 Å². The number of phenols is 1. The molecule has 2 unspecified atom stereocenters. The van der Waals surface area contributed by atoms with Gasteiger partial charge in [-0.3, -0.25) is 4.79 Å². The van der Waals surface area contributed by atoms with Gasteiger partial charge in [0.05, 0.1) is 38.3 Å². The smallest absolute Gasteiger partial charge is 0.335 e. The van der Waals surface area contributed by atoms with Gasteiger partial charge in [0.2, 0.25) is 12.5 Å². The second-order valence-corrected chi connectivity index (χ2v) is 9.41. The Kier molecular flexibility index (Phi) is 7.28. The Labute approximate surface area is 246 Å². The van der Waals surface area contributed by atoms with Crippen molar-refractivity contribution in [2.24, 2.45) is 11.8 Å². The van der Waals surface area contributed by atoms with Gasteiger partial charge in [-0.15, -0.1) is 0 Å². The molecule has 10 nitrogen and oxygen atoms in total. The number of nitrogens with one attached hydrogen (secondary N) is 1. The topological polar surface area (TPSA) is 133 Å². The molecule has 0 aromatic heterocycles. The van der Waals surface area contributed by atoms with E-state index in [0.29, 0.717) is 17.2 Å². The maximum absolute atomic E-state index is 13.2. The molecule has 1 fully saturated rings. The van der Waals surface area contributed by atoms with Crippen LogP contribution in [0.2, 0.25) is 0 Å². The molecule has 6 rings (SSSR count). The molecule has 197 valence electrons. The Morgan fingerprint density at radius 2 is 1.56 bits per heavy atom. The van der Waals surface area contributed by atoms with Crippen molar-refractivity contribution in [3.05, 3.63) is 70.8 Å². The molecule has 2 heterocycles. The van der Waals surface area contributed by atoms with E-state index in [1.165, 1.54) is 26.4 Å². The summed E-state index contributed by atoms with van der Waals surface area (Å²) in [5, 5.41) is 23.3. The number of esters is 1. The second kappa shape index (κ2) is 10.5. The number of rotatable bonds is 6. The second-order valence-electron chi connectivity index (χ2n) is 9.41. The molecular formula is C28H25NNaO9. The van der Waals surface area contributed by atoms with Crippen LogP contribution in [0.1, 0.15) is 39.0 Å². The molecular weight excluding hydrogens is 517 g/mol. The van der Waals surface area contributed by atoms with Crippen molar-refractivity contribution < 1.29 is 43.5 Å². The first-order valence-corrected chi connectivity index (χ1v) is 12.0. The van der Waals surface area contributed by atoms with E-state index in [2.05, 4.69) is 5.32 Å². The first-order chi connectivity index (χ1) is 18.4. The van der Waals surface area contributed by atoms with E-state index in [0.717, 1.165) is 16.7 Å². The standard InChI is InChI=1S/C28H25NO9.Na/c1-34-21-7-14(8-22(35-2)26(21)30)23-16-9-19-20(38-12-37-19)10-17(16)25(18-11-36-28(33)24(18)23)29-15-5-3-13(4-6-15)27(31)32;/h3-10,18,23-25,29-30H,11-12H2,1-2H3,(H,31,32);/t18?,23?,24-,25+;/m0./s1. The molecule has 1 radical (unpaired) electrons. The molecule has 0 spiro atoms. The van der Waals surface area contributed by atoms with Crippen molar-refractivity contribution in [3.8, 4) is 28.7 Å². The molecule has 3 N–H and O–H groups in total. The predicted molar refractivity (Wildman–Crippen MR) is 139 cm³/mol. The number of carboxylic acids is 1. The summed E-state index contributed by atoms with van der Waals surface area (Å²) in [6.07, 6.45) is 0. The van der Waals surface area contributed by atoms with Crippen LogP contribution in [0.3, 0.4) is 0 Å². The molecule has 4 atom stereocenters. The number of carbonyl (C=O) groups excluding carboxylic acids is 1. The number of carbonyl (C=O) groups is 2. The number of fused-ring (bicyclic) bond motifs is 3. The number of cyclic esters (lactones) is 1. The van der Waals surface area contributed by atoms with Crippen LogP contribution in [-0.2, 0) is 9.53 Å². The number of anilines is 1. The minimum absolute atomic E-state index is 0. The Morgan fingerprint density at radius 3 is 2.15 bits per heavy atom. The zero-order valence-electron chi connectivity index (χ0n) is 21.6. The Morgan fingerprint density at radius 1 is 0.949 bits per heavy atom. The summed E-state index contributed by atoms with van der Waals surface area (Å²) in [4.78, 5) is 24.6. The van der Waals surface area contributed by atoms with Gasteiger partial charge in [0.1, 0.15) is 0 Å². The number of hydrogen-bond donors (Lipinski definition) is 3. The quantitative estimate of drug-likeness (QED) is 0.314. The third-order valence-electron chi connectivity index (χ3n) is 7.50. The maximum Gasteiger partial charge on any atom is 0.335 e. The van der Waals surface area contributed by atoms with Crippen molar-refractivity contribution in [3.63, 3.8) is 0 Å². The van der Waals surface area contributed by atoms with Gasteiger partial charge in [0.15, 0.2) is 23.0 Å². The number of aromatic hydroxyl groups is 1. The molecule has 0 amide bonds. The molecule has 11 heteroatoms. The van der Waals surface area contributed by atoms with Gasteiger partial charge >= 0.3 is 11.9 Å². The van der Waals surface area contributed by atoms with Crippen molar-refractivity contribution >= 4 is 47.2 Å². The van der Waals surface area contributed by atoms with Gasteiger partial charge in [-0.2, -0.15) is 0 Å². The molecule has 1 saturated heterocycles. The first-order valence-electron chi connectivity index (χ1n) is 12.0. The Bertz CT molecular complexity index is 1420. The van der Waals surface area contributed by atoms with Crippen LogP contribution < -0.4 is 24.3 Å². The van der Waals surface area contributed by atoms with Gasteiger partial charge in [-0.25, -0.2) is 4.79 Å². The van der Waals surface area contributed by atoms with Crippen molar-refractivity contribution in [1.82, 2.24) is 0 Å². The average molecular weight is 542 g/mol. The van der Waals surface area contributed by atoms with Crippen LogP contribution in [0.5, 0.6) is 28.7 Å². The van der Waals surface area contributed by atoms with Gasteiger partial charge in [-0.1, -0.05) is 0 Å². The van der Waals surface area contributed by atoms with Gasteiger partial charge in [-0.05, 0) is 65.2 Å². The third kappa shape index (κ3) is 4.52. The number of hydrogen-bond acceptors (Lipinski definition) is 9. The number of benzene rings is 3. The summed E-state index contributed by atoms with van der Waals surface area (Å²) in [6, 6.07) is 13.3. The summed E-state index contributed by atoms with van der Waals surface area (Å²) >= 11 is 0. The minimum atomic E-state index is -1.01. The number of aromatic carboxylic acids is 1. The zero-order chi connectivity index (χ0) is 26.6. The van der Waals surface area contributed by atoms with E-state index in [-0.39, 0.29) is 83.7 Å². The summed E-state index contributed by atoms with van der Waals surface area (Å²) in [7, 11) is 2.90. The number of methoxy groups -OCH3 is 2. The van der Waals surface area contributed by atoms with Gasteiger partial charge in [0, 0.05) is 47.1 Å². The predicted octanol–water partition coefficient (Wildman–Crippen LogP) is 3.54. The zero-order valence-corrected chi connectivity index (χ0v) is 23.6. The summed E-state index contributed by atoms with van der Waals surface area (Å²) < 4.78 is 27.8. The van der Waals surface area contributed by atoms with E-state index in [9.17, 15) is 19.8 Å². The number of phenolic OH excluding ortho intramolecular Hbond substituents is 1. The van der Waals surface area contributed by atoms with Crippen LogP contribution in [0, 0.1) is 11.8 Å². The molecule has 39 heavy (non-hydrogen) atoms.